The molecule has 0 saturated carbocycles. The molecule has 0 bridgehead atoms. The number of ketones is 1. The van der Waals surface area contributed by atoms with Gasteiger partial charge in [-0.05, 0) is 6.42 Å². The molecule has 0 saturated heterocycles. The summed E-state index contributed by atoms with van der Waals surface area (Å²) < 4.78 is 5.02. The highest BCUT2D eigenvalue weighted by Crippen LogP contribution is 2.15. The summed E-state index contributed by atoms with van der Waals surface area (Å²) in [6.45, 7) is 0.0776. The van der Waals surface area contributed by atoms with Crippen molar-refractivity contribution in [2.45, 2.75) is 25.6 Å². The molecule has 0 radical (unpaired) electrons. The van der Waals surface area contributed by atoms with E-state index in [0.717, 1.165) is 6.92 Å². The van der Waals surface area contributed by atoms with E-state index in [1.807, 2.05) is 10.3 Å². The van der Waals surface area contributed by atoms with Gasteiger partial charge in [0.25, 0.3) is 11.5 Å². The molecule has 0 aliphatic heterocycles. The molecule has 0 aliphatic rings. The van der Waals surface area contributed by atoms with Gasteiger partial charge < -0.3 is 25.4 Å². The second kappa shape index (κ2) is 8.22. The summed E-state index contributed by atoms with van der Waals surface area (Å²) in [7, 11) is 0. The minimum absolute atomic E-state index is 0.107. The van der Waals surface area contributed by atoms with Gasteiger partial charge in [-0.2, -0.15) is 0 Å². The fourth-order valence-electron chi connectivity index (χ4n) is 1.49. The minimum atomic E-state index is -1.42. The molecule has 0 aliphatic carbocycles. The Kier molecular flexibility index (Phi) is 6.63. The van der Waals surface area contributed by atoms with Crippen LogP contribution >= 0.6 is 0 Å². The van der Waals surface area contributed by atoms with Gasteiger partial charge in [0.1, 0.15) is 12.7 Å². The number of H-pyrrole nitrogens is 2. The number of hydrogen-bond donors (Lipinski definition) is 6. The standard InChI is InChI=1S/C12H17N3O8/c1-5(17)9(20)13-8-10(21)14-12(22)15-11(8)23-4-7(19)6(18)2-3-16/h6-7,16,18-19H,2-4H2,1H3,(H,13,20)(H2,14,15,21,22). The molecule has 128 valence electrons. The van der Waals surface area contributed by atoms with Crippen LogP contribution in [0.25, 0.3) is 0 Å². The summed E-state index contributed by atoms with van der Waals surface area (Å²) in [5.74, 6) is -2.46. The molecule has 0 aromatic carbocycles. The average Bonchev–Trinajstić information content (AvgIpc) is 2.47. The fraction of sp³-hybridized carbons (Fsp3) is 0.500. The van der Waals surface area contributed by atoms with E-state index in [9.17, 15) is 29.4 Å². The Labute approximate surface area is 128 Å². The molecule has 2 unspecified atom stereocenters. The van der Waals surface area contributed by atoms with E-state index in [-0.39, 0.29) is 13.0 Å². The fourth-order valence-corrected chi connectivity index (χ4v) is 1.49. The summed E-state index contributed by atoms with van der Waals surface area (Å²) in [5.41, 5.74) is -2.46. The lowest BCUT2D eigenvalue weighted by Gasteiger charge is -2.18. The maximum Gasteiger partial charge on any atom is 0.328 e. The number of hydrogen-bond acceptors (Lipinski definition) is 8. The molecule has 11 heteroatoms. The van der Waals surface area contributed by atoms with Gasteiger partial charge in [-0.3, -0.25) is 24.4 Å². The maximum atomic E-state index is 11.7. The first-order valence-corrected chi connectivity index (χ1v) is 6.54. The number of anilines is 1. The number of nitrogens with one attached hydrogen (secondary N) is 3. The second-order valence-electron chi connectivity index (χ2n) is 4.58. The highest BCUT2D eigenvalue weighted by atomic mass is 16.5. The first-order chi connectivity index (χ1) is 10.8. The van der Waals surface area contributed by atoms with Crippen molar-refractivity contribution in [2.75, 3.05) is 18.5 Å². The zero-order chi connectivity index (χ0) is 17.6. The van der Waals surface area contributed by atoms with Gasteiger partial charge in [-0.15, -0.1) is 0 Å². The number of aromatic amines is 2. The van der Waals surface area contributed by atoms with Crippen LogP contribution in [0.15, 0.2) is 9.59 Å². The van der Waals surface area contributed by atoms with Crippen molar-refractivity contribution in [3.8, 4) is 5.88 Å². The van der Waals surface area contributed by atoms with Crippen LogP contribution < -0.4 is 21.3 Å². The van der Waals surface area contributed by atoms with Crippen molar-refractivity contribution in [3.05, 3.63) is 20.8 Å². The van der Waals surface area contributed by atoms with Crippen LogP contribution in [-0.2, 0) is 9.59 Å². The summed E-state index contributed by atoms with van der Waals surface area (Å²) in [5, 5.41) is 29.7. The van der Waals surface area contributed by atoms with E-state index in [1.54, 1.807) is 0 Å². The quantitative estimate of drug-likeness (QED) is 0.274. The molecule has 1 aromatic rings. The highest BCUT2D eigenvalue weighted by Gasteiger charge is 2.20. The lowest BCUT2D eigenvalue weighted by atomic mass is 10.1. The third-order valence-electron chi connectivity index (χ3n) is 2.73. The number of carbonyl (C=O) groups excluding carboxylic acids is 2. The summed E-state index contributed by atoms with van der Waals surface area (Å²) in [4.78, 5) is 49.1. The van der Waals surface area contributed by atoms with Crippen molar-refractivity contribution in [1.29, 1.82) is 0 Å². The zero-order valence-corrected chi connectivity index (χ0v) is 12.2. The zero-order valence-electron chi connectivity index (χ0n) is 12.2. The van der Waals surface area contributed by atoms with E-state index < -0.39 is 53.3 Å². The van der Waals surface area contributed by atoms with Crippen LogP contribution in [0, 0.1) is 0 Å². The van der Waals surface area contributed by atoms with E-state index in [1.165, 1.54) is 0 Å². The Bertz CT molecular complexity index is 680. The molecular formula is C12H17N3O8. The predicted molar refractivity (Wildman–Crippen MR) is 76.2 cm³/mol. The highest BCUT2D eigenvalue weighted by molar-refractivity contribution is 6.39. The maximum absolute atomic E-state index is 11.7. The van der Waals surface area contributed by atoms with Crippen LogP contribution in [0.4, 0.5) is 5.69 Å². The number of rotatable bonds is 8. The molecule has 2 atom stereocenters. The summed E-state index contributed by atoms with van der Waals surface area (Å²) in [6.07, 6.45) is -2.81. The average molecular weight is 331 g/mol. The second-order valence-corrected chi connectivity index (χ2v) is 4.58. The normalized spacial score (nSPS) is 13.2. The van der Waals surface area contributed by atoms with Crippen molar-refractivity contribution >= 4 is 17.4 Å². The van der Waals surface area contributed by atoms with Crippen LogP contribution in [0.5, 0.6) is 5.88 Å². The van der Waals surface area contributed by atoms with Crippen molar-refractivity contribution in [2.24, 2.45) is 0 Å². The van der Waals surface area contributed by atoms with Crippen molar-refractivity contribution in [1.82, 2.24) is 9.97 Å². The minimum Gasteiger partial charge on any atom is -0.474 e. The van der Waals surface area contributed by atoms with E-state index in [2.05, 4.69) is 4.98 Å². The Balaban J connectivity index is 2.96. The molecule has 23 heavy (non-hydrogen) atoms. The molecular weight excluding hydrogens is 314 g/mol. The molecule has 0 fully saturated rings. The number of Topliss-reactive ketones (excluding diaryl/α,β-unsaturated/α-hetero) is 1. The Morgan fingerprint density at radius 3 is 2.43 bits per heavy atom. The van der Waals surface area contributed by atoms with Crippen LogP contribution in [0.3, 0.4) is 0 Å². The largest absolute Gasteiger partial charge is 0.474 e. The molecule has 1 amide bonds. The van der Waals surface area contributed by atoms with Crippen molar-refractivity contribution < 1.29 is 29.6 Å². The summed E-state index contributed by atoms with van der Waals surface area (Å²) in [6, 6.07) is 0. The first-order valence-electron chi connectivity index (χ1n) is 6.54. The number of ether oxygens (including phenoxy) is 1. The van der Waals surface area contributed by atoms with Gasteiger partial charge in [0.15, 0.2) is 5.69 Å². The van der Waals surface area contributed by atoms with Crippen LogP contribution in [-0.4, -0.2) is 62.4 Å². The monoisotopic (exact) mass is 331 g/mol. The Hall–Kier alpha value is -2.50. The molecule has 1 heterocycles. The number of aliphatic hydroxyl groups is 3. The van der Waals surface area contributed by atoms with Gasteiger partial charge in [0.05, 0.1) is 6.10 Å². The van der Waals surface area contributed by atoms with Gasteiger partial charge in [-0.1, -0.05) is 0 Å². The molecule has 1 aromatic heterocycles. The number of aromatic nitrogens is 2. The van der Waals surface area contributed by atoms with Gasteiger partial charge in [-0.25, -0.2) is 4.79 Å². The molecule has 6 N–H and O–H groups in total. The molecule has 1 rings (SSSR count). The van der Waals surface area contributed by atoms with Crippen LogP contribution in [0.2, 0.25) is 0 Å². The number of amides is 1. The topological polar surface area (TPSA) is 182 Å². The third-order valence-corrected chi connectivity index (χ3v) is 2.73. The lowest BCUT2D eigenvalue weighted by Crippen LogP contribution is -2.34. The number of aliphatic hydroxyl groups excluding tert-OH is 3. The van der Waals surface area contributed by atoms with E-state index in [0.29, 0.717) is 0 Å². The Morgan fingerprint density at radius 2 is 1.87 bits per heavy atom. The van der Waals surface area contributed by atoms with Gasteiger partial charge in [0, 0.05) is 13.5 Å². The van der Waals surface area contributed by atoms with Crippen LogP contribution in [0.1, 0.15) is 13.3 Å². The summed E-state index contributed by atoms with van der Waals surface area (Å²) >= 11 is 0. The van der Waals surface area contributed by atoms with Gasteiger partial charge >= 0.3 is 5.69 Å². The predicted octanol–water partition coefficient (Wildman–Crippen LogP) is -2.93. The molecule has 0 spiro atoms. The molecule has 11 nitrogen and oxygen atoms in total. The van der Waals surface area contributed by atoms with E-state index in [4.69, 9.17) is 9.84 Å². The first kappa shape index (κ1) is 18.5. The van der Waals surface area contributed by atoms with Crippen molar-refractivity contribution in [3.63, 3.8) is 0 Å². The lowest BCUT2D eigenvalue weighted by molar-refractivity contribution is -0.133. The third kappa shape index (κ3) is 5.32. The van der Waals surface area contributed by atoms with Gasteiger partial charge in [0.2, 0.25) is 11.7 Å². The van der Waals surface area contributed by atoms with E-state index >= 15 is 0 Å². The smallest absolute Gasteiger partial charge is 0.328 e. The Morgan fingerprint density at radius 1 is 1.22 bits per heavy atom. The SMILES string of the molecule is CC(=O)C(=O)Nc1c(OCC(O)C(O)CCO)[nH]c(=O)[nH]c1=O. The number of carbonyl (C=O) groups is 2.